The summed E-state index contributed by atoms with van der Waals surface area (Å²) in [5.74, 6) is -1.65. The average Bonchev–Trinajstić information content (AvgIpc) is 2.04. The van der Waals surface area contributed by atoms with Crippen LogP contribution in [0.15, 0.2) is 9.59 Å². The molecule has 2 N–H and O–H groups in total. The molecular formula is C5H3NO4. The van der Waals surface area contributed by atoms with Crippen LogP contribution in [0, 0.1) is 11.8 Å². The van der Waals surface area contributed by atoms with Crippen molar-refractivity contribution in [2.24, 2.45) is 0 Å². The number of aromatic hydroxyl groups is 2. The van der Waals surface area contributed by atoms with Gasteiger partial charge in [-0.3, -0.25) is 9.59 Å². The second-order valence-corrected chi connectivity index (χ2v) is 1.36. The predicted octanol–water partition coefficient (Wildman–Crippen LogP) is -1.17. The van der Waals surface area contributed by atoms with Gasteiger partial charge in [-0.25, -0.2) is 5.26 Å². The van der Waals surface area contributed by atoms with E-state index < -0.39 is 22.4 Å². The van der Waals surface area contributed by atoms with E-state index in [-0.39, 0.29) is 0 Å². The van der Waals surface area contributed by atoms with Crippen LogP contribution in [0.4, 0.5) is 0 Å². The summed E-state index contributed by atoms with van der Waals surface area (Å²) in [4.78, 5) is 19.9. The first-order chi connectivity index (χ1) is 4.64. The summed E-state index contributed by atoms with van der Waals surface area (Å²) in [6.45, 7) is 3.50. The summed E-state index contributed by atoms with van der Waals surface area (Å²) >= 11 is 0. The van der Waals surface area contributed by atoms with Crippen molar-refractivity contribution >= 4 is 0 Å². The molecule has 0 radical (unpaired) electrons. The lowest BCUT2D eigenvalue weighted by Crippen LogP contribution is -2.28. The molecule has 0 bridgehead atoms. The van der Waals surface area contributed by atoms with Gasteiger partial charge in [0.15, 0.2) is 0 Å². The van der Waals surface area contributed by atoms with Crippen LogP contribution < -0.4 is 10.9 Å². The molecular weight excluding hydrogens is 138 g/mol. The van der Waals surface area contributed by atoms with Gasteiger partial charge in [0.25, 0.3) is 10.9 Å². The number of rotatable bonds is 0. The molecule has 1 rings (SSSR count). The molecule has 0 aliphatic heterocycles. The molecule has 0 fully saturated rings. The van der Waals surface area contributed by atoms with Crippen molar-refractivity contribution in [2.45, 2.75) is 0 Å². The third kappa shape index (κ3) is 0.821. The van der Waals surface area contributed by atoms with Crippen LogP contribution in [0.25, 0.3) is 0 Å². The van der Waals surface area contributed by atoms with Gasteiger partial charge in [-0.05, 0) is 0 Å². The van der Waals surface area contributed by atoms with Crippen molar-refractivity contribution in [3.05, 3.63) is 20.4 Å². The molecule has 0 saturated carbocycles. The molecule has 52 valence electrons. The van der Waals surface area contributed by atoms with Crippen molar-refractivity contribution < 1.29 is 10.2 Å². The van der Waals surface area contributed by atoms with Crippen LogP contribution in [0.1, 0.15) is 0 Å². The minimum Gasteiger partial charge on any atom is -0.501 e. The fourth-order valence-electron chi connectivity index (χ4n) is 0.368. The zero-order valence-electron chi connectivity index (χ0n) is 4.74. The lowest BCUT2D eigenvalue weighted by atomic mass is 10.2. The van der Waals surface area contributed by atoms with E-state index >= 15 is 0 Å². The number of hydrogen-bond donors (Lipinski definition) is 2. The lowest BCUT2D eigenvalue weighted by molar-refractivity contribution is 0.384. The predicted molar refractivity (Wildman–Crippen MR) is 31.4 cm³/mol. The number of hydrogen-bond acceptors (Lipinski definition) is 5. The van der Waals surface area contributed by atoms with Gasteiger partial charge >= 0.3 is 0 Å². The Morgan fingerprint density at radius 3 is 1.30 bits per heavy atom. The molecule has 1 aromatic rings. The highest BCUT2D eigenvalue weighted by Crippen LogP contribution is 2.13. The highest BCUT2D eigenvalue weighted by Gasteiger charge is 2.17. The molecule has 0 heterocycles. The first-order valence-electron chi connectivity index (χ1n) is 2.11. The Morgan fingerprint density at radius 2 is 1.20 bits per heavy atom. The van der Waals surface area contributed by atoms with Gasteiger partial charge in [0.05, 0.1) is 0 Å². The molecule has 1 aromatic carbocycles. The molecule has 0 amide bonds. The zero-order valence-corrected chi connectivity index (χ0v) is 4.74. The fourth-order valence-corrected chi connectivity index (χ4v) is 0.368. The summed E-state index contributed by atoms with van der Waals surface area (Å²) in [5.41, 5.74) is -2.02. The van der Waals surface area contributed by atoms with Crippen molar-refractivity contribution in [1.82, 2.24) is 0 Å². The molecule has 0 aromatic heterocycles. The second-order valence-electron chi connectivity index (χ2n) is 1.36. The Morgan fingerprint density at radius 1 is 1.00 bits per heavy atom. The van der Waals surface area contributed by atoms with Gasteiger partial charge in [0.1, 0.15) is 0 Å². The van der Waals surface area contributed by atoms with Gasteiger partial charge in [0.2, 0.25) is 11.5 Å². The molecule has 0 aliphatic carbocycles. The maximum atomic E-state index is 9.95. The minimum atomic E-state index is -1.01. The van der Waals surface area contributed by atoms with Crippen LogP contribution >= 0.6 is 0 Å². The van der Waals surface area contributed by atoms with Crippen LogP contribution in [0.3, 0.4) is 0 Å². The van der Waals surface area contributed by atoms with Crippen molar-refractivity contribution in [2.75, 3.05) is 0 Å². The standard InChI is InChI=1S/C4H2O4.CHN/c5-1-2(6)4(8)3(1)7;1-2/h5-6H;1H. The summed E-state index contributed by atoms with van der Waals surface area (Å²) in [6, 6.07) is 0. The molecule has 0 spiro atoms. The molecule has 0 saturated heterocycles. The summed E-state index contributed by atoms with van der Waals surface area (Å²) in [6.07, 6.45) is 0. The third-order valence-corrected chi connectivity index (χ3v) is 0.861. The highest BCUT2D eigenvalue weighted by atomic mass is 16.3. The van der Waals surface area contributed by atoms with E-state index in [0.29, 0.717) is 0 Å². The Bertz CT molecular complexity index is 288. The van der Waals surface area contributed by atoms with Gasteiger partial charge in [-0.15, -0.1) is 0 Å². The van der Waals surface area contributed by atoms with Gasteiger partial charge < -0.3 is 10.2 Å². The van der Waals surface area contributed by atoms with E-state index in [1.807, 2.05) is 0 Å². The summed E-state index contributed by atoms with van der Waals surface area (Å²) in [7, 11) is 0. The topological polar surface area (TPSA) is 98.4 Å². The monoisotopic (exact) mass is 141 g/mol. The Kier molecular flexibility index (Phi) is 2.16. The summed E-state index contributed by atoms with van der Waals surface area (Å²) < 4.78 is 0. The maximum absolute atomic E-state index is 9.95. The van der Waals surface area contributed by atoms with Crippen LogP contribution in [0.2, 0.25) is 0 Å². The molecule has 5 heteroatoms. The fraction of sp³-hybridized carbons (Fsp3) is 0. The smallest absolute Gasteiger partial charge is 0.275 e. The van der Waals surface area contributed by atoms with E-state index in [1.165, 1.54) is 0 Å². The maximum Gasteiger partial charge on any atom is 0.275 e. The Labute approximate surface area is 55.1 Å². The number of nitriles is 1. The second kappa shape index (κ2) is 2.64. The molecule has 5 nitrogen and oxygen atoms in total. The average molecular weight is 141 g/mol. The number of nitrogens with zero attached hydrogens (tertiary/aromatic N) is 1. The van der Waals surface area contributed by atoms with E-state index in [4.69, 9.17) is 15.5 Å². The van der Waals surface area contributed by atoms with Crippen molar-refractivity contribution in [1.29, 1.82) is 5.26 Å². The molecule has 0 atom stereocenters. The van der Waals surface area contributed by atoms with E-state index in [1.54, 1.807) is 0 Å². The zero-order chi connectivity index (χ0) is 8.31. The first-order valence-corrected chi connectivity index (χ1v) is 2.11. The van der Waals surface area contributed by atoms with Gasteiger partial charge in [-0.1, -0.05) is 0 Å². The third-order valence-electron chi connectivity index (χ3n) is 0.861. The molecule has 10 heavy (non-hydrogen) atoms. The quantitative estimate of drug-likeness (QED) is 0.443. The molecule has 0 aliphatic rings. The van der Waals surface area contributed by atoms with E-state index in [2.05, 4.69) is 6.57 Å². The molecule has 0 unspecified atom stereocenters. The largest absolute Gasteiger partial charge is 0.501 e. The van der Waals surface area contributed by atoms with Crippen molar-refractivity contribution in [3.63, 3.8) is 0 Å². The summed E-state index contributed by atoms with van der Waals surface area (Å²) in [5, 5.41) is 22.9. The normalized spacial score (nSPS) is 8.20. The highest BCUT2D eigenvalue weighted by molar-refractivity contribution is 5.42. The lowest BCUT2D eigenvalue weighted by Gasteiger charge is -1.92. The van der Waals surface area contributed by atoms with Crippen molar-refractivity contribution in [3.8, 4) is 18.1 Å². The van der Waals surface area contributed by atoms with Gasteiger partial charge in [0, 0.05) is 6.57 Å². The SMILES string of the molecule is C#N.O=c1c(O)c(O)c1=O. The van der Waals surface area contributed by atoms with E-state index in [0.717, 1.165) is 0 Å². The van der Waals surface area contributed by atoms with Crippen LogP contribution in [0.5, 0.6) is 11.5 Å². The van der Waals surface area contributed by atoms with E-state index in [9.17, 15) is 9.59 Å². The van der Waals surface area contributed by atoms with Gasteiger partial charge in [-0.2, -0.15) is 0 Å². The van der Waals surface area contributed by atoms with Crippen LogP contribution in [-0.2, 0) is 0 Å². The Hall–Kier alpha value is -1.83. The minimum absolute atomic E-state index is 0.824. The van der Waals surface area contributed by atoms with Crippen LogP contribution in [-0.4, -0.2) is 10.2 Å². The first kappa shape index (κ1) is 8.17. The Balaban J connectivity index is 0.000000371.